The Balaban J connectivity index is 2.55. The fraction of sp³-hybridized carbons (Fsp3) is 0.818. The second-order valence-electron chi connectivity index (χ2n) is 25.7. The highest BCUT2D eigenvalue weighted by Crippen LogP contribution is 2.26. The van der Waals surface area contributed by atoms with E-state index in [0.717, 1.165) is 96.3 Å². The van der Waals surface area contributed by atoms with Gasteiger partial charge in [-0.2, -0.15) is 0 Å². The number of allylic oxidation sites excluding steroid dienone is 11. The van der Waals surface area contributed by atoms with Crippen molar-refractivity contribution in [1.29, 1.82) is 0 Å². The number of unbranched alkanes of at least 4 members (excludes halogenated alkanes) is 40. The molecule has 0 spiro atoms. The van der Waals surface area contributed by atoms with Crippen LogP contribution in [0.4, 0.5) is 0 Å². The fourth-order valence-corrected chi connectivity index (χ4v) is 11.6. The lowest BCUT2D eigenvalue weighted by molar-refractivity contribution is -0.305. The highest BCUT2D eigenvalue weighted by atomic mass is 16.7. The number of nitrogens with one attached hydrogen (secondary N) is 1. The molecule has 6 N–H and O–H groups in total. The first-order valence-electron chi connectivity index (χ1n) is 37.2. The first-order chi connectivity index (χ1) is 43.2. The zero-order valence-corrected chi connectivity index (χ0v) is 57.1. The number of carbonyl (C=O) groups excluding carboxylic acids is 2. The molecule has 8 atom stereocenters. The van der Waals surface area contributed by atoms with Gasteiger partial charge in [0.15, 0.2) is 12.4 Å². The molecular formula is C77H139NO10. The maximum atomic E-state index is 13.5. The van der Waals surface area contributed by atoms with E-state index in [2.05, 4.69) is 86.8 Å². The number of ether oxygens (including phenoxy) is 3. The quantitative estimate of drug-likeness (QED) is 0.0195. The molecule has 0 bridgehead atoms. The lowest BCUT2D eigenvalue weighted by atomic mass is 9.99. The Morgan fingerprint density at radius 1 is 0.455 bits per heavy atom. The molecule has 0 saturated carbocycles. The van der Waals surface area contributed by atoms with Crippen molar-refractivity contribution in [2.24, 2.45) is 0 Å². The van der Waals surface area contributed by atoms with E-state index < -0.39 is 67.4 Å². The summed E-state index contributed by atoms with van der Waals surface area (Å²) in [6.45, 7) is 5.72. The molecule has 1 fully saturated rings. The third kappa shape index (κ3) is 50.7. The summed E-state index contributed by atoms with van der Waals surface area (Å²) in [6, 6.07) is -1.03. The number of amides is 1. The normalized spacial score (nSPS) is 18.6. The fourth-order valence-electron chi connectivity index (χ4n) is 11.6. The van der Waals surface area contributed by atoms with Crippen molar-refractivity contribution in [2.75, 3.05) is 13.2 Å². The van der Waals surface area contributed by atoms with Crippen molar-refractivity contribution in [1.82, 2.24) is 5.32 Å². The molecule has 0 aromatic rings. The molecule has 1 amide bonds. The Kier molecular flexibility index (Phi) is 60.6. The van der Waals surface area contributed by atoms with E-state index in [9.17, 15) is 35.1 Å². The third-order valence-corrected chi connectivity index (χ3v) is 17.4. The summed E-state index contributed by atoms with van der Waals surface area (Å²) < 4.78 is 17.7. The van der Waals surface area contributed by atoms with Gasteiger partial charge in [0.2, 0.25) is 5.91 Å². The maximum Gasteiger partial charge on any atom is 0.306 e. The van der Waals surface area contributed by atoms with Gasteiger partial charge < -0.3 is 45.1 Å². The summed E-state index contributed by atoms with van der Waals surface area (Å²) in [5.74, 6) is -1.19. The molecule has 1 aliphatic rings. The van der Waals surface area contributed by atoms with Gasteiger partial charge in [-0.3, -0.25) is 9.59 Å². The van der Waals surface area contributed by atoms with E-state index in [1.54, 1.807) is 6.08 Å². The standard InChI is InChI=1S/C77H139NO10/c1-4-7-10-13-16-19-22-25-27-29-31-33-35-37-38-40-42-44-46-49-52-55-58-61-64-70(81)76(85)78-68(69(80)63-60-57-54-51-48-24-21-18-15-12-9-6-3)67-86-77-75(74(84)73(83)71(66-79)87-77)88-72(82)65-62-59-56-53-50-47-45-43-41-39-36-34-32-30-28-26-23-20-17-14-11-8-5-2/h7,10,16,19,25,27,31,33,37-38,60,63,68-71,73-75,77,79-81,83-84H,4-6,8-9,11-15,17-18,20-24,26,28-30,32,34-36,39-59,61-62,64-67H2,1-3H3,(H,78,85)/b10-7-,19-16-,27-25-,33-31-,38-37-,63-60+. The van der Waals surface area contributed by atoms with Gasteiger partial charge >= 0.3 is 5.97 Å². The number of aliphatic hydroxyl groups excluding tert-OH is 5. The zero-order chi connectivity index (χ0) is 63.9. The molecule has 512 valence electrons. The Hall–Kier alpha value is -2.90. The summed E-state index contributed by atoms with van der Waals surface area (Å²) >= 11 is 0. The Morgan fingerprint density at radius 2 is 0.818 bits per heavy atom. The van der Waals surface area contributed by atoms with E-state index in [0.29, 0.717) is 12.8 Å². The summed E-state index contributed by atoms with van der Waals surface area (Å²) in [5.41, 5.74) is 0. The summed E-state index contributed by atoms with van der Waals surface area (Å²) in [6.07, 6.45) is 73.7. The van der Waals surface area contributed by atoms with Crippen molar-refractivity contribution in [3.63, 3.8) is 0 Å². The number of rotatable bonds is 64. The van der Waals surface area contributed by atoms with Gasteiger partial charge in [0.05, 0.1) is 25.4 Å². The molecule has 1 saturated heterocycles. The monoisotopic (exact) mass is 1240 g/mol. The van der Waals surface area contributed by atoms with E-state index in [4.69, 9.17) is 14.2 Å². The molecule has 0 radical (unpaired) electrons. The van der Waals surface area contributed by atoms with E-state index >= 15 is 0 Å². The van der Waals surface area contributed by atoms with Gasteiger partial charge in [-0.15, -0.1) is 0 Å². The molecule has 1 aliphatic heterocycles. The molecule has 88 heavy (non-hydrogen) atoms. The largest absolute Gasteiger partial charge is 0.454 e. The van der Waals surface area contributed by atoms with Crippen LogP contribution >= 0.6 is 0 Å². The highest BCUT2D eigenvalue weighted by Gasteiger charge is 2.47. The minimum absolute atomic E-state index is 0.126. The molecular weight excluding hydrogens is 1100 g/mol. The molecule has 1 rings (SSSR count). The maximum absolute atomic E-state index is 13.5. The first-order valence-corrected chi connectivity index (χ1v) is 37.2. The second kappa shape index (κ2) is 64.2. The molecule has 0 aromatic carbocycles. The SMILES string of the molecule is CC/C=C\C/C=C\C/C=C\C/C=C\C/C=C\CCCCCCCCCCC(O)C(=O)NC(COC1OC(CO)C(O)C(O)C1OC(=O)CCCCCCCCCCCCCCCCCCCCCCCCC)C(O)/C=C/CCCCCCCCCCCC. The van der Waals surface area contributed by atoms with Crippen LogP contribution in [0.5, 0.6) is 0 Å². The van der Waals surface area contributed by atoms with E-state index in [1.165, 1.54) is 199 Å². The number of aliphatic hydroxyl groups is 5. The van der Waals surface area contributed by atoms with Crippen LogP contribution in [0.15, 0.2) is 72.9 Å². The van der Waals surface area contributed by atoms with Crippen LogP contribution in [0.3, 0.4) is 0 Å². The van der Waals surface area contributed by atoms with Gasteiger partial charge in [0, 0.05) is 6.42 Å². The van der Waals surface area contributed by atoms with Crippen LogP contribution in [-0.2, 0) is 23.8 Å². The van der Waals surface area contributed by atoms with Crippen LogP contribution < -0.4 is 5.32 Å². The van der Waals surface area contributed by atoms with Crippen LogP contribution in [0.25, 0.3) is 0 Å². The lowest BCUT2D eigenvalue weighted by Gasteiger charge is -2.41. The molecule has 1 heterocycles. The van der Waals surface area contributed by atoms with Crippen molar-refractivity contribution in [2.45, 2.75) is 391 Å². The van der Waals surface area contributed by atoms with Crippen LogP contribution in [0.2, 0.25) is 0 Å². The zero-order valence-electron chi connectivity index (χ0n) is 57.1. The predicted molar refractivity (Wildman–Crippen MR) is 370 cm³/mol. The molecule has 0 aromatic heterocycles. The van der Waals surface area contributed by atoms with Crippen molar-refractivity contribution in [3.05, 3.63) is 72.9 Å². The van der Waals surface area contributed by atoms with Gasteiger partial charge in [-0.25, -0.2) is 0 Å². The number of hydrogen-bond acceptors (Lipinski definition) is 10. The summed E-state index contributed by atoms with van der Waals surface area (Å²) in [4.78, 5) is 26.7. The van der Waals surface area contributed by atoms with Gasteiger partial charge in [0.1, 0.15) is 24.4 Å². The van der Waals surface area contributed by atoms with Gasteiger partial charge in [0.25, 0.3) is 0 Å². The average molecular weight is 1240 g/mol. The average Bonchev–Trinajstić information content (AvgIpc) is 3.72. The first kappa shape index (κ1) is 83.1. The summed E-state index contributed by atoms with van der Waals surface area (Å²) in [5, 5.41) is 57.3. The Labute approximate surface area is 541 Å². The third-order valence-electron chi connectivity index (χ3n) is 17.4. The molecule has 11 nitrogen and oxygen atoms in total. The molecule has 11 heteroatoms. The van der Waals surface area contributed by atoms with Gasteiger partial charge in [-0.05, 0) is 70.6 Å². The van der Waals surface area contributed by atoms with Crippen molar-refractivity contribution in [3.8, 4) is 0 Å². The highest BCUT2D eigenvalue weighted by molar-refractivity contribution is 5.80. The van der Waals surface area contributed by atoms with E-state index in [-0.39, 0.29) is 19.4 Å². The topological polar surface area (TPSA) is 175 Å². The van der Waals surface area contributed by atoms with Crippen LogP contribution in [0.1, 0.15) is 342 Å². The Morgan fingerprint density at radius 3 is 1.23 bits per heavy atom. The van der Waals surface area contributed by atoms with Crippen molar-refractivity contribution < 1.29 is 49.3 Å². The van der Waals surface area contributed by atoms with Gasteiger partial charge in [-0.1, -0.05) is 338 Å². The minimum atomic E-state index is -1.62. The van der Waals surface area contributed by atoms with E-state index in [1.807, 2.05) is 6.08 Å². The number of hydrogen-bond donors (Lipinski definition) is 6. The Bertz CT molecular complexity index is 1710. The summed E-state index contributed by atoms with van der Waals surface area (Å²) in [7, 11) is 0. The number of carbonyl (C=O) groups is 2. The van der Waals surface area contributed by atoms with Crippen molar-refractivity contribution >= 4 is 11.9 Å². The second-order valence-corrected chi connectivity index (χ2v) is 25.7. The van der Waals surface area contributed by atoms with Crippen LogP contribution in [0, 0.1) is 0 Å². The van der Waals surface area contributed by atoms with Crippen LogP contribution in [-0.4, -0.2) is 99.6 Å². The molecule has 0 aliphatic carbocycles. The smallest absolute Gasteiger partial charge is 0.306 e. The minimum Gasteiger partial charge on any atom is -0.454 e. The predicted octanol–water partition coefficient (Wildman–Crippen LogP) is 19.5. The number of esters is 1. The molecule has 8 unspecified atom stereocenters. The lowest BCUT2D eigenvalue weighted by Crippen LogP contribution is -2.61.